The van der Waals surface area contributed by atoms with Gasteiger partial charge >= 0.3 is 0 Å². The molecule has 0 heterocycles. The van der Waals surface area contributed by atoms with Crippen molar-refractivity contribution in [2.24, 2.45) is 0 Å². The van der Waals surface area contributed by atoms with E-state index in [4.69, 9.17) is 1.37 Å². The summed E-state index contributed by atoms with van der Waals surface area (Å²) in [5.74, 6) is 0. The van der Waals surface area contributed by atoms with Crippen LogP contribution in [0.3, 0.4) is 0 Å². The molecule has 0 aliphatic heterocycles. The topological polar surface area (TPSA) is 0 Å². The Hall–Kier alpha value is -1.04. The summed E-state index contributed by atoms with van der Waals surface area (Å²) in [7, 11) is 0. The van der Waals surface area contributed by atoms with E-state index in [1.54, 1.807) is 0 Å². The summed E-state index contributed by atoms with van der Waals surface area (Å²) in [6, 6.07) is 0.731. The van der Waals surface area contributed by atoms with Crippen LogP contribution < -0.4 is 0 Å². The maximum absolute atomic E-state index is 8.00. The van der Waals surface area contributed by atoms with Crippen molar-refractivity contribution in [3.63, 3.8) is 0 Å². The molecule has 0 atom stereocenters. The summed E-state index contributed by atoms with van der Waals surface area (Å²) in [6.45, 7) is 0. The Kier molecular flexibility index (Phi) is 2.96. The normalized spacial score (nSPS) is 24.0. The fourth-order valence-corrected chi connectivity index (χ4v) is 1.99. The van der Waals surface area contributed by atoms with Gasteiger partial charge in [0, 0.05) is 0 Å². The maximum atomic E-state index is 8.00. The third-order valence-electron chi connectivity index (χ3n) is 2.81. The molecule has 0 saturated carbocycles. The van der Waals surface area contributed by atoms with Crippen molar-refractivity contribution in [1.82, 2.24) is 0 Å². The quantitative estimate of drug-likeness (QED) is 0.573. The van der Waals surface area contributed by atoms with Crippen molar-refractivity contribution in [2.45, 2.75) is 38.5 Å². The Labute approximate surface area is 88.1 Å². The summed E-state index contributed by atoms with van der Waals surface area (Å²) in [4.78, 5) is 0. The van der Waals surface area contributed by atoms with Crippen LogP contribution in [0.5, 0.6) is 0 Å². The lowest BCUT2D eigenvalue weighted by Crippen LogP contribution is -1.89. The van der Waals surface area contributed by atoms with E-state index in [1.165, 1.54) is 30.4 Å². The fourth-order valence-electron chi connectivity index (χ4n) is 1.99. The molecule has 0 bridgehead atoms. The summed E-state index contributed by atoms with van der Waals surface area (Å²) < 4.78 is 8.00. The maximum Gasteiger partial charge on any atom is 0.0626 e. The fraction of sp³-hybridized carbons (Fsp3) is 0.429. The third-order valence-corrected chi connectivity index (χ3v) is 2.81. The minimum absolute atomic E-state index is 0.731. The molecule has 0 N–H and O–H groups in total. The van der Waals surface area contributed by atoms with Gasteiger partial charge in [-0.25, -0.2) is 0 Å². The number of allylic oxidation sites excluding steroid dienone is 8. The van der Waals surface area contributed by atoms with E-state index in [0.29, 0.717) is 0 Å². The first-order chi connectivity index (χ1) is 7.38. The summed E-state index contributed by atoms with van der Waals surface area (Å²) >= 11 is 0. The molecule has 0 nitrogen and oxygen atoms in total. The highest BCUT2D eigenvalue weighted by Gasteiger charge is 2.06. The summed E-state index contributed by atoms with van der Waals surface area (Å²) in [5.41, 5.74) is 2.66. The molecule has 0 aromatic heterocycles. The minimum atomic E-state index is 0.731. The van der Waals surface area contributed by atoms with Gasteiger partial charge in [-0.1, -0.05) is 36.4 Å². The molecule has 14 heavy (non-hydrogen) atoms. The second-order valence-electron chi connectivity index (χ2n) is 3.93. The lowest BCUT2D eigenvalue weighted by atomic mass is 9.97. The number of hydrogen-bond donors (Lipinski definition) is 0. The van der Waals surface area contributed by atoms with Gasteiger partial charge in [-0.2, -0.15) is 0 Å². The average molecular weight is 187 g/mol. The predicted molar refractivity (Wildman–Crippen MR) is 62.1 cm³/mol. The highest BCUT2D eigenvalue weighted by atomic mass is 14.1. The van der Waals surface area contributed by atoms with E-state index in [1.807, 2.05) is 6.08 Å². The molecule has 0 aromatic rings. The molecular weight excluding hydrogens is 168 g/mol. The van der Waals surface area contributed by atoms with Gasteiger partial charge in [-0.15, -0.1) is 0 Å². The standard InChI is InChI=1S/C14H18/c1-2-6-10-13(9-5-1)14-11-7-3-4-8-12-14/h1,3,5,7,9,11H,2,4,6,8,10,12H2/i9D. The molecule has 2 aliphatic rings. The van der Waals surface area contributed by atoms with Gasteiger partial charge in [-0.3, -0.25) is 0 Å². The van der Waals surface area contributed by atoms with Crippen LogP contribution in [0.1, 0.15) is 39.9 Å². The van der Waals surface area contributed by atoms with Crippen LogP contribution in [0.25, 0.3) is 0 Å². The third kappa shape index (κ3) is 2.47. The Morgan fingerprint density at radius 3 is 2.50 bits per heavy atom. The monoisotopic (exact) mass is 187 g/mol. The van der Waals surface area contributed by atoms with Crippen molar-refractivity contribution >= 4 is 0 Å². The van der Waals surface area contributed by atoms with E-state index < -0.39 is 0 Å². The van der Waals surface area contributed by atoms with Gasteiger partial charge in [0.2, 0.25) is 0 Å². The molecule has 0 saturated heterocycles. The number of hydrogen-bond acceptors (Lipinski definition) is 0. The molecule has 0 aromatic carbocycles. The minimum Gasteiger partial charge on any atom is -0.0845 e. The molecule has 74 valence electrons. The van der Waals surface area contributed by atoms with Gasteiger partial charge in [0.15, 0.2) is 0 Å². The van der Waals surface area contributed by atoms with Crippen LogP contribution in [0.15, 0.2) is 47.6 Å². The lowest BCUT2D eigenvalue weighted by molar-refractivity contribution is 0.801. The zero-order valence-electron chi connectivity index (χ0n) is 9.63. The van der Waals surface area contributed by atoms with Crippen LogP contribution in [0, 0.1) is 0 Å². The van der Waals surface area contributed by atoms with Crippen LogP contribution in [0.2, 0.25) is 0 Å². The summed E-state index contributed by atoms with van der Waals surface area (Å²) in [6.07, 6.45) is 17.6. The van der Waals surface area contributed by atoms with Gasteiger partial charge in [0.25, 0.3) is 0 Å². The van der Waals surface area contributed by atoms with Crippen molar-refractivity contribution in [3.05, 3.63) is 47.6 Å². The van der Waals surface area contributed by atoms with Crippen molar-refractivity contribution in [1.29, 1.82) is 0 Å². The van der Waals surface area contributed by atoms with Gasteiger partial charge < -0.3 is 0 Å². The lowest BCUT2D eigenvalue weighted by Gasteiger charge is -2.08. The van der Waals surface area contributed by atoms with Crippen LogP contribution in [-0.4, -0.2) is 0 Å². The Bertz CT molecular complexity index is 342. The van der Waals surface area contributed by atoms with Crippen molar-refractivity contribution < 1.29 is 1.37 Å². The van der Waals surface area contributed by atoms with Gasteiger partial charge in [-0.05, 0) is 49.7 Å². The van der Waals surface area contributed by atoms with Crippen LogP contribution in [-0.2, 0) is 0 Å². The van der Waals surface area contributed by atoms with E-state index in [-0.39, 0.29) is 0 Å². The Morgan fingerprint density at radius 2 is 1.64 bits per heavy atom. The predicted octanol–water partition coefficient (Wildman–Crippen LogP) is 4.32. The SMILES string of the molecule is [2H]C1=C(C2=CC=CCCC2)CCCC=C1. The molecule has 0 fully saturated rings. The highest BCUT2D eigenvalue weighted by molar-refractivity contribution is 5.37. The van der Waals surface area contributed by atoms with Crippen LogP contribution in [0.4, 0.5) is 0 Å². The molecule has 0 unspecified atom stereocenters. The van der Waals surface area contributed by atoms with E-state index >= 15 is 0 Å². The zero-order chi connectivity index (χ0) is 10.5. The van der Waals surface area contributed by atoms with Crippen LogP contribution >= 0.6 is 0 Å². The summed E-state index contributed by atoms with van der Waals surface area (Å²) in [5, 5.41) is 0. The van der Waals surface area contributed by atoms with Gasteiger partial charge in [0.05, 0.1) is 1.37 Å². The first-order valence-corrected chi connectivity index (χ1v) is 5.60. The Balaban J connectivity index is 2.24. The highest BCUT2D eigenvalue weighted by Crippen LogP contribution is 2.25. The second-order valence-corrected chi connectivity index (χ2v) is 3.93. The first-order valence-electron chi connectivity index (χ1n) is 6.10. The average Bonchev–Trinajstić information content (AvgIpc) is 2.59. The largest absolute Gasteiger partial charge is 0.0845 e. The van der Waals surface area contributed by atoms with E-state index in [9.17, 15) is 0 Å². The number of rotatable bonds is 1. The smallest absolute Gasteiger partial charge is 0.0626 e. The van der Waals surface area contributed by atoms with Crippen molar-refractivity contribution in [3.8, 4) is 0 Å². The molecule has 2 rings (SSSR count). The zero-order valence-corrected chi connectivity index (χ0v) is 8.63. The van der Waals surface area contributed by atoms with Gasteiger partial charge in [0.1, 0.15) is 0 Å². The van der Waals surface area contributed by atoms with Crippen molar-refractivity contribution in [2.75, 3.05) is 0 Å². The molecular formula is C14H18. The molecule has 0 radical (unpaired) electrons. The molecule has 2 aliphatic carbocycles. The van der Waals surface area contributed by atoms with E-state index in [2.05, 4.69) is 24.3 Å². The van der Waals surface area contributed by atoms with E-state index in [0.717, 1.165) is 25.3 Å². The first kappa shape index (κ1) is 8.28. The second kappa shape index (κ2) is 4.99. The molecule has 0 amide bonds. The molecule has 0 heteroatoms. The molecule has 0 spiro atoms. The Morgan fingerprint density at radius 1 is 0.929 bits per heavy atom.